The van der Waals surface area contributed by atoms with Crippen LogP contribution in [0.3, 0.4) is 0 Å². The number of carbonyl (C=O) groups is 1. The standard InChI is InChI=1S/C23H20FN5O2/c24-19-16(21-18(23(26)31)22(25)29(28-21)14-10-15(30)11-14)8-6-13-7-9-17(27-20(13)19)12-4-2-1-3-5-12/h1-9,14-15,30H,10-11,25H2,(H2,26,31). The Bertz CT molecular complexity index is 1310. The molecule has 2 aromatic carbocycles. The molecule has 1 aliphatic rings. The van der Waals surface area contributed by atoms with Crippen LogP contribution in [0.15, 0.2) is 54.6 Å². The number of anilines is 1. The number of aromatic nitrogens is 3. The summed E-state index contributed by atoms with van der Waals surface area (Å²) in [6.07, 6.45) is 0.490. The van der Waals surface area contributed by atoms with Gasteiger partial charge in [0.25, 0.3) is 5.91 Å². The number of hydrogen-bond donors (Lipinski definition) is 3. The molecule has 0 unspecified atom stereocenters. The molecule has 0 aliphatic heterocycles. The summed E-state index contributed by atoms with van der Waals surface area (Å²) in [4.78, 5) is 16.7. The van der Waals surface area contributed by atoms with E-state index in [-0.39, 0.29) is 34.2 Å². The largest absolute Gasteiger partial charge is 0.393 e. The SMILES string of the molecule is NC(=O)c1c(-c2ccc3ccc(-c4ccccc4)nc3c2F)nn(C2CC(O)C2)c1N. The number of nitrogens with zero attached hydrogens (tertiary/aromatic N) is 3. The van der Waals surface area contributed by atoms with E-state index in [1.54, 1.807) is 18.2 Å². The number of fused-ring (bicyclic) bond motifs is 1. The molecular weight excluding hydrogens is 397 g/mol. The number of pyridine rings is 1. The van der Waals surface area contributed by atoms with Crippen molar-refractivity contribution >= 4 is 22.6 Å². The molecule has 1 aliphatic carbocycles. The molecule has 8 heteroatoms. The maximum atomic E-state index is 15.6. The normalized spacial score (nSPS) is 18.1. The van der Waals surface area contributed by atoms with E-state index in [1.165, 1.54) is 4.68 Å². The molecule has 0 radical (unpaired) electrons. The van der Waals surface area contributed by atoms with E-state index in [2.05, 4.69) is 10.1 Å². The first-order chi connectivity index (χ1) is 14.9. The van der Waals surface area contributed by atoms with E-state index >= 15 is 4.39 Å². The van der Waals surface area contributed by atoms with Crippen LogP contribution in [-0.2, 0) is 0 Å². The summed E-state index contributed by atoms with van der Waals surface area (Å²) < 4.78 is 17.1. The Labute approximate surface area is 177 Å². The monoisotopic (exact) mass is 417 g/mol. The molecule has 5 rings (SSSR count). The van der Waals surface area contributed by atoms with Gasteiger partial charge in [-0.05, 0) is 25.0 Å². The number of nitrogen functional groups attached to an aromatic ring is 1. The highest BCUT2D eigenvalue weighted by atomic mass is 19.1. The van der Waals surface area contributed by atoms with Gasteiger partial charge in [0.2, 0.25) is 0 Å². The minimum Gasteiger partial charge on any atom is -0.393 e. The maximum absolute atomic E-state index is 15.6. The first kappa shape index (κ1) is 19.2. The summed E-state index contributed by atoms with van der Waals surface area (Å²) in [5.41, 5.74) is 13.5. The van der Waals surface area contributed by atoms with Gasteiger partial charge in [0, 0.05) is 16.5 Å². The third-order valence-corrected chi connectivity index (χ3v) is 5.75. The van der Waals surface area contributed by atoms with E-state index in [0.717, 1.165) is 5.56 Å². The average Bonchev–Trinajstić information content (AvgIpc) is 3.09. The molecule has 5 N–H and O–H groups in total. The van der Waals surface area contributed by atoms with Gasteiger partial charge in [0.05, 0.1) is 17.8 Å². The van der Waals surface area contributed by atoms with E-state index in [1.807, 2.05) is 36.4 Å². The number of carbonyl (C=O) groups excluding carboxylic acids is 1. The number of primary amides is 1. The molecule has 7 nitrogen and oxygen atoms in total. The van der Waals surface area contributed by atoms with Crippen LogP contribution < -0.4 is 11.5 Å². The lowest BCUT2D eigenvalue weighted by Crippen LogP contribution is -2.32. The third-order valence-electron chi connectivity index (χ3n) is 5.75. The number of nitrogens with two attached hydrogens (primary N) is 2. The van der Waals surface area contributed by atoms with Crippen molar-refractivity contribution in [1.29, 1.82) is 0 Å². The fourth-order valence-electron chi connectivity index (χ4n) is 4.02. The van der Waals surface area contributed by atoms with Gasteiger partial charge in [-0.1, -0.05) is 42.5 Å². The minimum atomic E-state index is -0.788. The Morgan fingerprint density at radius 1 is 1.10 bits per heavy atom. The highest BCUT2D eigenvalue weighted by molar-refractivity contribution is 6.04. The molecule has 1 fully saturated rings. The zero-order valence-electron chi connectivity index (χ0n) is 16.5. The van der Waals surface area contributed by atoms with Gasteiger partial charge < -0.3 is 16.6 Å². The van der Waals surface area contributed by atoms with Gasteiger partial charge in [0.1, 0.15) is 22.6 Å². The van der Waals surface area contributed by atoms with Gasteiger partial charge in [-0.25, -0.2) is 14.1 Å². The first-order valence-electron chi connectivity index (χ1n) is 9.95. The number of rotatable bonds is 4. The molecule has 2 aromatic heterocycles. The second-order valence-electron chi connectivity index (χ2n) is 7.76. The quantitative estimate of drug-likeness (QED) is 0.471. The Morgan fingerprint density at radius 3 is 2.48 bits per heavy atom. The van der Waals surface area contributed by atoms with Crippen LogP contribution in [0.1, 0.15) is 29.2 Å². The Balaban J connectivity index is 1.67. The van der Waals surface area contributed by atoms with E-state index in [4.69, 9.17) is 11.5 Å². The molecule has 1 saturated carbocycles. The number of benzene rings is 2. The molecule has 0 spiro atoms. The third kappa shape index (κ3) is 3.12. The van der Waals surface area contributed by atoms with Gasteiger partial charge in [0.15, 0.2) is 5.82 Å². The summed E-state index contributed by atoms with van der Waals surface area (Å²) >= 11 is 0. The Hall–Kier alpha value is -3.78. The molecule has 156 valence electrons. The number of halogens is 1. The van der Waals surface area contributed by atoms with E-state index in [0.29, 0.717) is 23.9 Å². The van der Waals surface area contributed by atoms with Crippen molar-refractivity contribution in [2.75, 3.05) is 5.73 Å². The van der Waals surface area contributed by atoms with Crippen molar-refractivity contribution < 1.29 is 14.3 Å². The zero-order valence-corrected chi connectivity index (χ0v) is 16.5. The molecule has 0 bridgehead atoms. The van der Waals surface area contributed by atoms with Crippen LogP contribution in [0.25, 0.3) is 33.4 Å². The van der Waals surface area contributed by atoms with Crippen molar-refractivity contribution in [3.05, 3.63) is 66.0 Å². The summed E-state index contributed by atoms with van der Waals surface area (Å²) in [6.45, 7) is 0. The van der Waals surface area contributed by atoms with Crippen LogP contribution in [0.5, 0.6) is 0 Å². The molecule has 1 amide bonds. The Morgan fingerprint density at radius 2 is 1.81 bits per heavy atom. The zero-order chi connectivity index (χ0) is 21.7. The van der Waals surface area contributed by atoms with Crippen LogP contribution in [0.4, 0.5) is 10.2 Å². The predicted molar refractivity (Wildman–Crippen MR) is 116 cm³/mol. The summed E-state index contributed by atoms with van der Waals surface area (Å²) in [5, 5.41) is 14.7. The predicted octanol–water partition coefficient (Wildman–Crippen LogP) is 3.28. The number of amides is 1. The van der Waals surface area contributed by atoms with E-state index in [9.17, 15) is 9.90 Å². The highest BCUT2D eigenvalue weighted by Gasteiger charge is 2.34. The Kier molecular flexibility index (Phi) is 4.44. The molecule has 31 heavy (non-hydrogen) atoms. The van der Waals surface area contributed by atoms with Crippen molar-refractivity contribution in [1.82, 2.24) is 14.8 Å². The number of hydrogen-bond acceptors (Lipinski definition) is 5. The lowest BCUT2D eigenvalue weighted by atomic mass is 9.90. The lowest BCUT2D eigenvalue weighted by molar-refractivity contribution is 0.0445. The van der Waals surface area contributed by atoms with Crippen molar-refractivity contribution in [3.8, 4) is 22.5 Å². The van der Waals surface area contributed by atoms with Crippen LogP contribution in [-0.4, -0.2) is 31.9 Å². The van der Waals surface area contributed by atoms with Gasteiger partial charge >= 0.3 is 0 Å². The van der Waals surface area contributed by atoms with Crippen molar-refractivity contribution in [2.45, 2.75) is 25.0 Å². The smallest absolute Gasteiger partial charge is 0.254 e. The molecule has 0 saturated heterocycles. The second kappa shape index (κ2) is 7.17. The fourth-order valence-corrected chi connectivity index (χ4v) is 4.02. The highest BCUT2D eigenvalue weighted by Crippen LogP contribution is 2.38. The topological polar surface area (TPSA) is 120 Å². The molecule has 2 heterocycles. The minimum absolute atomic E-state index is 0.0288. The average molecular weight is 417 g/mol. The molecule has 0 atom stereocenters. The van der Waals surface area contributed by atoms with Gasteiger partial charge in [-0.2, -0.15) is 5.10 Å². The second-order valence-corrected chi connectivity index (χ2v) is 7.76. The van der Waals surface area contributed by atoms with Gasteiger partial charge in [-0.3, -0.25) is 4.79 Å². The lowest BCUT2D eigenvalue weighted by Gasteiger charge is -2.32. The van der Waals surface area contributed by atoms with Crippen LogP contribution in [0, 0.1) is 5.82 Å². The van der Waals surface area contributed by atoms with Crippen molar-refractivity contribution in [2.24, 2.45) is 5.73 Å². The van der Waals surface area contributed by atoms with Crippen LogP contribution >= 0.6 is 0 Å². The van der Waals surface area contributed by atoms with Crippen molar-refractivity contribution in [3.63, 3.8) is 0 Å². The van der Waals surface area contributed by atoms with Crippen LogP contribution in [0.2, 0.25) is 0 Å². The summed E-state index contributed by atoms with van der Waals surface area (Å²) in [6, 6.07) is 16.2. The maximum Gasteiger partial charge on any atom is 0.254 e. The fraction of sp³-hybridized carbons (Fsp3) is 0.174. The summed E-state index contributed by atoms with van der Waals surface area (Å²) in [7, 11) is 0. The van der Waals surface area contributed by atoms with Gasteiger partial charge in [-0.15, -0.1) is 0 Å². The molecule has 4 aromatic rings. The number of aliphatic hydroxyl groups is 1. The summed E-state index contributed by atoms with van der Waals surface area (Å²) in [5.74, 6) is -1.31. The van der Waals surface area contributed by atoms with E-state index < -0.39 is 17.8 Å². The molecular formula is C23H20FN5O2. The first-order valence-corrected chi connectivity index (χ1v) is 9.95. The number of aliphatic hydroxyl groups excluding tert-OH is 1.